The Balaban J connectivity index is 1.67. The summed E-state index contributed by atoms with van der Waals surface area (Å²) in [6.45, 7) is 2.14. The van der Waals surface area contributed by atoms with E-state index in [1.807, 2.05) is 30.5 Å². The van der Waals surface area contributed by atoms with E-state index in [0.29, 0.717) is 5.92 Å². The van der Waals surface area contributed by atoms with Gasteiger partial charge in [0.1, 0.15) is 5.82 Å². The van der Waals surface area contributed by atoms with Crippen molar-refractivity contribution in [1.82, 2.24) is 19.6 Å². The van der Waals surface area contributed by atoms with E-state index in [-0.39, 0.29) is 6.04 Å². The summed E-state index contributed by atoms with van der Waals surface area (Å²) in [5.74, 6) is 2.37. The first-order chi connectivity index (χ1) is 11.3. The fourth-order valence-electron chi connectivity index (χ4n) is 2.85. The molecule has 1 aliphatic rings. The fourth-order valence-corrected chi connectivity index (χ4v) is 2.97. The summed E-state index contributed by atoms with van der Waals surface area (Å²) in [5.41, 5.74) is 1.98. The average Bonchev–Trinajstić information content (AvgIpc) is 3.32. The molecule has 0 aliphatic heterocycles. The summed E-state index contributed by atoms with van der Waals surface area (Å²) in [5, 5.41) is 12.9. The van der Waals surface area contributed by atoms with Crippen LogP contribution in [-0.4, -0.2) is 19.6 Å². The van der Waals surface area contributed by atoms with E-state index in [2.05, 4.69) is 31.8 Å². The normalized spacial score (nSPS) is 15.7. The van der Waals surface area contributed by atoms with Crippen LogP contribution in [0.1, 0.15) is 49.5 Å². The fraction of sp³-hybridized carbons (Fsp3) is 0.353. The van der Waals surface area contributed by atoms with Crippen LogP contribution in [0.15, 0.2) is 36.7 Å². The van der Waals surface area contributed by atoms with E-state index in [0.717, 1.165) is 28.7 Å². The Morgan fingerprint density at radius 2 is 2.04 bits per heavy atom. The van der Waals surface area contributed by atoms with Crippen molar-refractivity contribution in [2.45, 2.75) is 38.1 Å². The third kappa shape index (κ3) is 2.77. The first kappa shape index (κ1) is 14.5. The van der Waals surface area contributed by atoms with E-state index in [1.54, 1.807) is 6.20 Å². The van der Waals surface area contributed by atoms with Crippen molar-refractivity contribution in [1.29, 1.82) is 0 Å². The van der Waals surface area contributed by atoms with Crippen molar-refractivity contribution in [2.75, 3.05) is 5.32 Å². The second kappa shape index (κ2) is 5.81. The van der Waals surface area contributed by atoms with Crippen LogP contribution in [0.3, 0.4) is 0 Å². The quantitative estimate of drug-likeness (QED) is 0.762. The topological polar surface area (TPSA) is 55.1 Å². The maximum Gasteiger partial charge on any atom is 0.203 e. The lowest BCUT2D eigenvalue weighted by atomic mass is 10.0. The molecule has 0 bridgehead atoms. The van der Waals surface area contributed by atoms with Crippen LogP contribution < -0.4 is 5.32 Å². The number of halogens is 1. The second-order valence-corrected chi connectivity index (χ2v) is 6.40. The van der Waals surface area contributed by atoms with E-state index >= 15 is 0 Å². The molecule has 1 aliphatic carbocycles. The molecule has 6 heteroatoms. The van der Waals surface area contributed by atoms with Gasteiger partial charge in [0.2, 0.25) is 5.65 Å². The Morgan fingerprint density at radius 1 is 1.26 bits per heavy atom. The lowest BCUT2D eigenvalue weighted by Crippen LogP contribution is -2.12. The molecule has 0 amide bonds. The Labute approximate surface area is 139 Å². The van der Waals surface area contributed by atoms with E-state index < -0.39 is 0 Å². The van der Waals surface area contributed by atoms with Gasteiger partial charge >= 0.3 is 0 Å². The number of benzene rings is 1. The number of hydrogen-bond acceptors (Lipinski definition) is 4. The van der Waals surface area contributed by atoms with Crippen LogP contribution in [0.25, 0.3) is 5.65 Å². The molecule has 4 rings (SSSR count). The van der Waals surface area contributed by atoms with Gasteiger partial charge < -0.3 is 5.32 Å². The van der Waals surface area contributed by atoms with Crippen LogP contribution in [-0.2, 0) is 0 Å². The van der Waals surface area contributed by atoms with Crippen molar-refractivity contribution in [3.8, 4) is 0 Å². The molecule has 1 saturated carbocycles. The van der Waals surface area contributed by atoms with Crippen molar-refractivity contribution in [3.05, 3.63) is 53.1 Å². The molecule has 0 radical (unpaired) electrons. The largest absolute Gasteiger partial charge is 0.360 e. The highest BCUT2D eigenvalue weighted by Gasteiger charge is 2.29. The number of hydrogen-bond donors (Lipinski definition) is 1. The minimum absolute atomic E-state index is 0.159. The van der Waals surface area contributed by atoms with Crippen molar-refractivity contribution >= 4 is 23.1 Å². The maximum atomic E-state index is 5.98. The highest BCUT2D eigenvalue weighted by molar-refractivity contribution is 6.30. The highest BCUT2D eigenvalue weighted by atomic mass is 35.5. The molecule has 5 nitrogen and oxygen atoms in total. The number of fused-ring (bicyclic) bond motifs is 1. The smallest absolute Gasteiger partial charge is 0.203 e. The number of rotatable bonds is 5. The first-order valence-electron chi connectivity index (χ1n) is 7.98. The van der Waals surface area contributed by atoms with Crippen LogP contribution in [0.4, 0.5) is 5.82 Å². The van der Waals surface area contributed by atoms with Gasteiger partial charge in [0.25, 0.3) is 0 Å². The van der Waals surface area contributed by atoms with Crippen molar-refractivity contribution in [3.63, 3.8) is 0 Å². The molecule has 118 valence electrons. The monoisotopic (exact) mass is 327 g/mol. The van der Waals surface area contributed by atoms with Gasteiger partial charge in [0, 0.05) is 23.3 Å². The summed E-state index contributed by atoms with van der Waals surface area (Å²) < 4.78 is 2.06. The third-order valence-corrected chi connectivity index (χ3v) is 4.54. The zero-order chi connectivity index (χ0) is 15.8. The lowest BCUT2D eigenvalue weighted by Gasteiger charge is -2.18. The Hall–Kier alpha value is -2.14. The molecule has 1 atom stereocenters. The highest BCUT2D eigenvalue weighted by Crippen LogP contribution is 2.39. The minimum Gasteiger partial charge on any atom is -0.360 e. The van der Waals surface area contributed by atoms with Crippen LogP contribution in [0.2, 0.25) is 5.02 Å². The molecular formula is C17H18ClN5. The predicted octanol–water partition coefficient (Wildman–Crippen LogP) is 4.22. The van der Waals surface area contributed by atoms with Gasteiger partial charge in [-0.05, 0) is 37.0 Å². The summed E-state index contributed by atoms with van der Waals surface area (Å²) in [6, 6.07) is 8.08. The first-order valence-corrected chi connectivity index (χ1v) is 8.35. The summed E-state index contributed by atoms with van der Waals surface area (Å²) in [6.07, 6.45) is 7.09. The molecular weight excluding hydrogens is 310 g/mol. The maximum absolute atomic E-state index is 5.98. The van der Waals surface area contributed by atoms with Gasteiger partial charge in [0.05, 0.1) is 6.04 Å². The van der Waals surface area contributed by atoms with E-state index in [9.17, 15) is 0 Å². The SMILES string of the molecule is CCC(Nc1nccn2c(C3CC3)nnc12)c1ccc(Cl)cc1. The van der Waals surface area contributed by atoms with Gasteiger partial charge in [-0.25, -0.2) is 4.98 Å². The second-order valence-electron chi connectivity index (χ2n) is 5.96. The standard InChI is InChI=1S/C17H18ClN5/c1-2-14(11-5-7-13(18)8-6-11)20-15-17-22-21-16(12-3-4-12)23(17)10-9-19-15/h5-10,12,14H,2-4H2,1H3,(H,19,20). The van der Waals surface area contributed by atoms with Gasteiger partial charge in [-0.15, -0.1) is 10.2 Å². The molecule has 1 N–H and O–H groups in total. The number of nitrogens with one attached hydrogen (secondary N) is 1. The Bertz CT molecular complexity index is 823. The van der Waals surface area contributed by atoms with Gasteiger partial charge in [-0.3, -0.25) is 4.40 Å². The summed E-state index contributed by atoms with van der Waals surface area (Å²) in [7, 11) is 0. The lowest BCUT2D eigenvalue weighted by molar-refractivity contribution is 0.744. The van der Waals surface area contributed by atoms with Crippen LogP contribution >= 0.6 is 11.6 Å². The minimum atomic E-state index is 0.159. The molecule has 0 spiro atoms. The molecule has 1 fully saturated rings. The Kier molecular flexibility index (Phi) is 3.65. The summed E-state index contributed by atoms with van der Waals surface area (Å²) >= 11 is 5.98. The number of nitrogens with zero attached hydrogens (tertiary/aromatic N) is 4. The van der Waals surface area contributed by atoms with Gasteiger partial charge in [-0.1, -0.05) is 30.7 Å². The van der Waals surface area contributed by atoms with E-state index in [4.69, 9.17) is 11.6 Å². The van der Waals surface area contributed by atoms with Crippen molar-refractivity contribution in [2.24, 2.45) is 0 Å². The molecule has 3 aromatic rings. The zero-order valence-electron chi connectivity index (χ0n) is 12.9. The molecule has 0 saturated heterocycles. The predicted molar refractivity (Wildman–Crippen MR) is 90.9 cm³/mol. The molecule has 23 heavy (non-hydrogen) atoms. The number of anilines is 1. The Morgan fingerprint density at radius 3 is 2.74 bits per heavy atom. The molecule has 1 aromatic carbocycles. The summed E-state index contributed by atoms with van der Waals surface area (Å²) in [4.78, 5) is 4.47. The van der Waals surface area contributed by atoms with Crippen LogP contribution in [0.5, 0.6) is 0 Å². The van der Waals surface area contributed by atoms with Gasteiger partial charge in [0.15, 0.2) is 5.82 Å². The average molecular weight is 328 g/mol. The molecule has 1 unspecified atom stereocenters. The zero-order valence-corrected chi connectivity index (χ0v) is 13.7. The third-order valence-electron chi connectivity index (χ3n) is 4.29. The van der Waals surface area contributed by atoms with Crippen molar-refractivity contribution < 1.29 is 0 Å². The molecule has 2 aromatic heterocycles. The van der Waals surface area contributed by atoms with Gasteiger partial charge in [-0.2, -0.15) is 0 Å². The molecule has 2 heterocycles. The van der Waals surface area contributed by atoms with E-state index in [1.165, 1.54) is 18.4 Å². The number of aromatic nitrogens is 4. The van der Waals surface area contributed by atoms with Crippen LogP contribution in [0, 0.1) is 0 Å².